The van der Waals surface area contributed by atoms with Crippen molar-refractivity contribution in [3.8, 4) is 0 Å². The molecule has 2 aromatic carbocycles. The third-order valence-corrected chi connectivity index (χ3v) is 4.67. The lowest BCUT2D eigenvalue weighted by atomic mass is 10.0. The van der Waals surface area contributed by atoms with Crippen LogP contribution in [-0.4, -0.2) is 17.9 Å². The summed E-state index contributed by atoms with van der Waals surface area (Å²) in [5.41, 5.74) is 1.53. The number of benzene rings is 2. The summed E-state index contributed by atoms with van der Waals surface area (Å²) in [5.74, 6) is -1.74. The minimum Gasteiger partial charge on any atom is -0.340 e. The molecule has 132 valence electrons. The van der Waals surface area contributed by atoms with Gasteiger partial charge in [-0.25, -0.2) is 4.39 Å². The summed E-state index contributed by atoms with van der Waals surface area (Å²) in [6.45, 7) is 5.55. The molecule has 0 spiro atoms. The summed E-state index contributed by atoms with van der Waals surface area (Å²) in [6.07, 6.45) is 0. The summed E-state index contributed by atoms with van der Waals surface area (Å²) in [6, 6.07) is 10.3. The van der Waals surface area contributed by atoms with Crippen LogP contribution in [0.15, 0.2) is 46.9 Å². The maximum absolute atomic E-state index is 13.8. The van der Waals surface area contributed by atoms with E-state index in [1.54, 1.807) is 12.1 Å². The molecule has 0 bridgehead atoms. The van der Waals surface area contributed by atoms with Gasteiger partial charge in [-0.05, 0) is 48.7 Å². The normalized spacial score (nSPS) is 11.9. The number of amides is 2. The first-order chi connectivity index (χ1) is 11.8. The highest BCUT2D eigenvalue weighted by molar-refractivity contribution is 9.10. The molecule has 1 atom stereocenters. The highest BCUT2D eigenvalue weighted by Crippen LogP contribution is 2.20. The summed E-state index contributed by atoms with van der Waals surface area (Å²) in [4.78, 5) is 24.9. The number of nitrogens with one attached hydrogen (secondary N) is 2. The Kier molecular flexibility index (Phi) is 6.31. The number of aryl methyl sites for hydroxylation is 1. The molecule has 0 aliphatic carbocycles. The van der Waals surface area contributed by atoms with E-state index in [-0.39, 0.29) is 17.4 Å². The SMILES string of the molecule is Cc1cc(NC(=O)C(NC(=O)c2ccccc2F)C(C)C)ccc1Br. The number of rotatable bonds is 5. The summed E-state index contributed by atoms with van der Waals surface area (Å²) >= 11 is 3.41. The molecule has 2 aromatic rings. The standard InChI is InChI=1S/C19H20BrFN2O2/c1-11(2)17(23-18(24)14-6-4-5-7-16(14)21)19(25)22-13-8-9-15(20)12(3)10-13/h4-11,17H,1-3H3,(H,22,25)(H,23,24). The molecule has 2 N–H and O–H groups in total. The lowest BCUT2D eigenvalue weighted by Crippen LogP contribution is -2.47. The van der Waals surface area contributed by atoms with Crippen molar-refractivity contribution < 1.29 is 14.0 Å². The minimum atomic E-state index is -0.781. The lowest BCUT2D eigenvalue weighted by molar-refractivity contribution is -0.118. The average Bonchev–Trinajstić information content (AvgIpc) is 2.55. The van der Waals surface area contributed by atoms with Gasteiger partial charge in [-0.1, -0.05) is 41.9 Å². The van der Waals surface area contributed by atoms with Crippen LogP contribution in [0.1, 0.15) is 29.8 Å². The van der Waals surface area contributed by atoms with Crippen LogP contribution >= 0.6 is 15.9 Å². The number of anilines is 1. The maximum Gasteiger partial charge on any atom is 0.254 e. The molecule has 0 aliphatic heterocycles. The third-order valence-electron chi connectivity index (χ3n) is 3.78. The molecule has 2 rings (SSSR count). The molecule has 0 saturated heterocycles. The van der Waals surface area contributed by atoms with Crippen LogP contribution in [0.4, 0.5) is 10.1 Å². The monoisotopic (exact) mass is 406 g/mol. The van der Waals surface area contributed by atoms with E-state index in [2.05, 4.69) is 26.6 Å². The summed E-state index contributed by atoms with van der Waals surface area (Å²) in [5, 5.41) is 5.41. The molecule has 2 amide bonds. The van der Waals surface area contributed by atoms with E-state index in [1.165, 1.54) is 18.2 Å². The van der Waals surface area contributed by atoms with Gasteiger partial charge in [0.15, 0.2) is 0 Å². The average molecular weight is 407 g/mol. The fraction of sp³-hybridized carbons (Fsp3) is 0.263. The Morgan fingerprint density at radius 3 is 2.40 bits per heavy atom. The first kappa shape index (κ1) is 19.1. The van der Waals surface area contributed by atoms with Crippen LogP contribution in [0.2, 0.25) is 0 Å². The Bertz CT molecular complexity index is 793. The maximum atomic E-state index is 13.8. The van der Waals surface area contributed by atoms with Crippen molar-refractivity contribution in [2.24, 2.45) is 5.92 Å². The van der Waals surface area contributed by atoms with Crippen LogP contribution in [0.3, 0.4) is 0 Å². The largest absolute Gasteiger partial charge is 0.340 e. The van der Waals surface area contributed by atoms with Gasteiger partial charge in [0.25, 0.3) is 5.91 Å². The van der Waals surface area contributed by atoms with Crippen molar-refractivity contribution in [3.63, 3.8) is 0 Å². The Balaban J connectivity index is 2.14. The second kappa shape index (κ2) is 8.25. The Morgan fingerprint density at radius 2 is 1.80 bits per heavy atom. The Hall–Kier alpha value is -2.21. The predicted octanol–water partition coefficient (Wildman–Crippen LogP) is 4.29. The highest BCUT2D eigenvalue weighted by atomic mass is 79.9. The second-order valence-electron chi connectivity index (χ2n) is 6.13. The highest BCUT2D eigenvalue weighted by Gasteiger charge is 2.25. The van der Waals surface area contributed by atoms with Gasteiger partial charge in [0, 0.05) is 10.2 Å². The number of carbonyl (C=O) groups excluding carboxylic acids is 2. The number of carbonyl (C=O) groups is 2. The van der Waals surface area contributed by atoms with Gasteiger partial charge in [-0.15, -0.1) is 0 Å². The molecule has 0 saturated carbocycles. The van der Waals surface area contributed by atoms with Gasteiger partial charge in [-0.3, -0.25) is 9.59 Å². The van der Waals surface area contributed by atoms with Crippen molar-refractivity contribution in [2.45, 2.75) is 26.8 Å². The zero-order valence-corrected chi connectivity index (χ0v) is 15.9. The quantitative estimate of drug-likeness (QED) is 0.777. The first-order valence-electron chi connectivity index (χ1n) is 7.92. The Labute approximate surface area is 154 Å². The van der Waals surface area contributed by atoms with E-state index >= 15 is 0 Å². The fourth-order valence-electron chi connectivity index (χ4n) is 2.34. The van der Waals surface area contributed by atoms with E-state index in [4.69, 9.17) is 0 Å². The molecule has 0 heterocycles. The van der Waals surface area contributed by atoms with Crippen LogP contribution < -0.4 is 10.6 Å². The summed E-state index contributed by atoms with van der Waals surface area (Å²) < 4.78 is 14.7. The van der Waals surface area contributed by atoms with E-state index < -0.39 is 17.8 Å². The van der Waals surface area contributed by atoms with Gasteiger partial charge in [0.2, 0.25) is 5.91 Å². The number of halogens is 2. The molecule has 0 radical (unpaired) electrons. The molecule has 0 aromatic heterocycles. The molecule has 25 heavy (non-hydrogen) atoms. The third kappa shape index (κ3) is 4.89. The molecule has 0 aliphatic rings. The fourth-order valence-corrected chi connectivity index (χ4v) is 2.59. The zero-order chi connectivity index (χ0) is 18.6. The van der Waals surface area contributed by atoms with Crippen molar-refractivity contribution in [3.05, 3.63) is 63.9 Å². The van der Waals surface area contributed by atoms with Crippen molar-refractivity contribution in [1.29, 1.82) is 0 Å². The second-order valence-corrected chi connectivity index (χ2v) is 6.98. The van der Waals surface area contributed by atoms with Gasteiger partial charge in [0.05, 0.1) is 5.56 Å². The molecule has 0 fully saturated rings. The molecule has 6 heteroatoms. The molecule has 1 unspecified atom stereocenters. The van der Waals surface area contributed by atoms with Crippen LogP contribution in [0, 0.1) is 18.7 Å². The van der Waals surface area contributed by atoms with Gasteiger partial charge >= 0.3 is 0 Å². The number of hydrogen-bond donors (Lipinski definition) is 2. The summed E-state index contributed by atoms with van der Waals surface area (Å²) in [7, 11) is 0. The minimum absolute atomic E-state index is 0.0829. The van der Waals surface area contributed by atoms with Crippen LogP contribution in [-0.2, 0) is 4.79 Å². The van der Waals surface area contributed by atoms with Gasteiger partial charge < -0.3 is 10.6 Å². The molecule has 4 nitrogen and oxygen atoms in total. The molecular weight excluding hydrogens is 387 g/mol. The first-order valence-corrected chi connectivity index (χ1v) is 8.71. The van der Waals surface area contributed by atoms with E-state index in [1.807, 2.05) is 32.9 Å². The van der Waals surface area contributed by atoms with E-state index in [0.29, 0.717) is 5.69 Å². The Morgan fingerprint density at radius 1 is 1.12 bits per heavy atom. The van der Waals surface area contributed by atoms with E-state index in [0.717, 1.165) is 10.0 Å². The van der Waals surface area contributed by atoms with E-state index in [9.17, 15) is 14.0 Å². The van der Waals surface area contributed by atoms with Crippen molar-refractivity contribution in [1.82, 2.24) is 5.32 Å². The molecular formula is C19H20BrFN2O2. The van der Waals surface area contributed by atoms with Gasteiger partial charge in [0.1, 0.15) is 11.9 Å². The van der Waals surface area contributed by atoms with Gasteiger partial charge in [-0.2, -0.15) is 0 Å². The predicted molar refractivity (Wildman–Crippen MR) is 100 cm³/mol. The number of hydrogen-bond acceptors (Lipinski definition) is 2. The van der Waals surface area contributed by atoms with Crippen molar-refractivity contribution >= 4 is 33.4 Å². The van der Waals surface area contributed by atoms with Crippen molar-refractivity contribution in [2.75, 3.05) is 5.32 Å². The smallest absolute Gasteiger partial charge is 0.254 e. The van der Waals surface area contributed by atoms with Crippen LogP contribution in [0.25, 0.3) is 0 Å². The topological polar surface area (TPSA) is 58.2 Å². The lowest BCUT2D eigenvalue weighted by Gasteiger charge is -2.22. The zero-order valence-electron chi connectivity index (χ0n) is 14.3. The van der Waals surface area contributed by atoms with Crippen LogP contribution in [0.5, 0.6) is 0 Å².